The van der Waals surface area contributed by atoms with Crippen LogP contribution in [0.5, 0.6) is 0 Å². The molecule has 1 rings (SSSR count). The van der Waals surface area contributed by atoms with Gasteiger partial charge in [0.1, 0.15) is 6.54 Å². The minimum atomic E-state index is -0.521. The number of hydrogen-bond acceptors (Lipinski definition) is 4. The number of hydrogen-bond donors (Lipinski definition) is 1. The molecule has 5 heteroatoms. The van der Waals surface area contributed by atoms with Crippen molar-refractivity contribution in [3.05, 3.63) is 10.1 Å². The van der Waals surface area contributed by atoms with Crippen LogP contribution in [0.15, 0.2) is 4.99 Å². The SMILES string of the molecule is O=[N+]([O-])C1=NCCN1. The van der Waals surface area contributed by atoms with Crippen molar-refractivity contribution in [1.82, 2.24) is 5.32 Å². The standard InChI is InChI=1S/C3H5N3O2/c7-6(8)3-4-1-2-5-3/h1-2H2,(H,4,5). The smallest absolute Gasteiger partial charge is 0.390 e. The molecular formula is C3H5N3O2. The summed E-state index contributed by atoms with van der Waals surface area (Å²) in [5.74, 6) is -0.106. The Morgan fingerprint density at radius 3 is 2.88 bits per heavy atom. The first kappa shape index (κ1) is 5.02. The maximum Gasteiger partial charge on any atom is 0.422 e. The van der Waals surface area contributed by atoms with Crippen LogP contribution in [0, 0.1) is 10.1 Å². The Hall–Kier alpha value is -1.13. The molecule has 44 valence electrons. The minimum absolute atomic E-state index is 0.106. The first-order valence-corrected chi connectivity index (χ1v) is 2.23. The van der Waals surface area contributed by atoms with E-state index in [0.717, 1.165) is 0 Å². The van der Waals surface area contributed by atoms with Crippen LogP contribution < -0.4 is 5.32 Å². The molecule has 0 aromatic carbocycles. The molecule has 0 spiro atoms. The molecule has 8 heavy (non-hydrogen) atoms. The zero-order chi connectivity index (χ0) is 5.98. The Labute approximate surface area is 45.6 Å². The van der Waals surface area contributed by atoms with Gasteiger partial charge in [-0.25, -0.2) is 0 Å². The summed E-state index contributed by atoms with van der Waals surface area (Å²) in [4.78, 5) is 12.8. The first-order chi connectivity index (χ1) is 3.80. The highest BCUT2D eigenvalue weighted by Gasteiger charge is 2.14. The Balaban J connectivity index is 2.57. The van der Waals surface area contributed by atoms with Gasteiger partial charge in [0.15, 0.2) is 0 Å². The zero-order valence-corrected chi connectivity index (χ0v) is 4.13. The van der Waals surface area contributed by atoms with Gasteiger partial charge in [0.05, 0.1) is 6.54 Å². The minimum Gasteiger partial charge on any atom is -0.390 e. The van der Waals surface area contributed by atoms with E-state index in [1.54, 1.807) is 0 Å². The van der Waals surface area contributed by atoms with Crippen LogP contribution >= 0.6 is 0 Å². The zero-order valence-electron chi connectivity index (χ0n) is 4.13. The molecule has 1 aliphatic heterocycles. The van der Waals surface area contributed by atoms with E-state index in [9.17, 15) is 10.1 Å². The quantitative estimate of drug-likeness (QED) is 0.332. The van der Waals surface area contributed by atoms with E-state index in [0.29, 0.717) is 13.1 Å². The molecule has 0 aromatic rings. The first-order valence-electron chi connectivity index (χ1n) is 2.23. The number of aliphatic imine (C=N–C) groups is 1. The summed E-state index contributed by atoms with van der Waals surface area (Å²) < 4.78 is 0. The summed E-state index contributed by atoms with van der Waals surface area (Å²) >= 11 is 0. The second-order valence-electron chi connectivity index (χ2n) is 1.39. The average molecular weight is 115 g/mol. The number of nitro groups is 1. The highest BCUT2D eigenvalue weighted by molar-refractivity contribution is 5.72. The number of guanidine groups is 1. The topological polar surface area (TPSA) is 67.5 Å². The van der Waals surface area contributed by atoms with E-state index in [2.05, 4.69) is 10.3 Å². The molecule has 0 unspecified atom stereocenters. The van der Waals surface area contributed by atoms with Crippen molar-refractivity contribution in [1.29, 1.82) is 0 Å². The Kier molecular flexibility index (Phi) is 1.11. The van der Waals surface area contributed by atoms with Gasteiger partial charge in [-0.3, -0.25) is 5.32 Å². The summed E-state index contributed by atoms with van der Waals surface area (Å²) in [6.07, 6.45) is 0. The van der Waals surface area contributed by atoms with Gasteiger partial charge in [-0.05, 0) is 4.92 Å². The number of nitrogens with zero attached hydrogens (tertiary/aromatic N) is 2. The normalized spacial score (nSPS) is 17.2. The van der Waals surface area contributed by atoms with Crippen molar-refractivity contribution in [2.75, 3.05) is 13.1 Å². The van der Waals surface area contributed by atoms with E-state index in [4.69, 9.17) is 0 Å². The van der Waals surface area contributed by atoms with Crippen LogP contribution in [0.4, 0.5) is 0 Å². The van der Waals surface area contributed by atoms with Gasteiger partial charge < -0.3 is 10.1 Å². The van der Waals surface area contributed by atoms with Crippen molar-refractivity contribution >= 4 is 5.96 Å². The third-order valence-corrected chi connectivity index (χ3v) is 0.829. The molecule has 0 aromatic heterocycles. The Morgan fingerprint density at radius 2 is 2.62 bits per heavy atom. The van der Waals surface area contributed by atoms with Gasteiger partial charge in [-0.2, -0.15) is 0 Å². The van der Waals surface area contributed by atoms with Crippen LogP contribution in [-0.4, -0.2) is 24.0 Å². The maximum absolute atomic E-state index is 9.81. The third kappa shape index (κ3) is 0.749. The second kappa shape index (κ2) is 1.77. The summed E-state index contributed by atoms with van der Waals surface area (Å²) in [5, 5.41) is 12.3. The highest BCUT2D eigenvalue weighted by Crippen LogP contribution is 1.83. The molecule has 0 fully saturated rings. The highest BCUT2D eigenvalue weighted by atomic mass is 16.6. The summed E-state index contributed by atoms with van der Waals surface area (Å²) in [7, 11) is 0. The third-order valence-electron chi connectivity index (χ3n) is 0.829. The number of rotatable bonds is 0. The van der Waals surface area contributed by atoms with Crippen molar-refractivity contribution in [2.24, 2.45) is 4.99 Å². The maximum atomic E-state index is 9.81. The molecule has 5 nitrogen and oxygen atoms in total. The van der Waals surface area contributed by atoms with E-state index in [-0.39, 0.29) is 5.96 Å². The summed E-state index contributed by atoms with van der Waals surface area (Å²) in [6, 6.07) is 0. The van der Waals surface area contributed by atoms with Crippen molar-refractivity contribution in [3.8, 4) is 0 Å². The van der Waals surface area contributed by atoms with Crippen LogP contribution in [0.25, 0.3) is 0 Å². The fourth-order valence-electron chi connectivity index (χ4n) is 0.508. The largest absolute Gasteiger partial charge is 0.422 e. The second-order valence-corrected chi connectivity index (χ2v) is 1.39. The molecule has 0 saturated carbocycles. The molecule has 1 aliphatic rings. The Bertz CT molecular complexity index is 141. The predicted molar refractivity (Wildman–Crippen MR) is 27.3 cm³/mol. The fourth-order valence-corrected chi connectivity index (χ4v) is 0.508. The lowest BCUT2D eigenvalue weighted by Crippen LogP contribution is -2.25. The van der Waals surface area contributed by atoms with E-state index in [1.807, 2.05) is 0 Å². The van der Waals surface area contributed by atoms with E-state index >= 15 is 0 Å². The monoisotopic (exact) mass is 115 g/mol. The Morgan fingerprint density at radius 1 is 1.88 bits per heavy atom. The van der Waals surface area contributed by atoms with Crippen molar-refractivity contribution in [3.63, 3.8) is 0 Å². The van der Waals surface area contributed by atoms with Crippen LogP contribution in [0.3, 0.4) is 0 Å². The molecule has 0 atom stereocenters. The van der Waals surface area contributed by atoms with Gasteiger partial charge in [-0.1, -0.05) is 0 Å². The molecule has 1 N–H and O–H groups in total. The molecule has 1 heterocycles. The van der Waals surface area contributed by atoms with Crippen LogP contribution in [0.2, 0.25) is 0 Å². The predicted octanol–water partition coefficient (Wildman–Crippen LogP) is -0.778. The number of nitrogens with one attached hydrogen (secondary N) is 1. The van der Waals surface area contributed by atoms with Crippen molar-refractivity contribution in [2.45, 2.75) is 0 Å². The average Bonchev–Trinajstić information content (AvgIpc) is 2.12. The van der Waals surface area contributed by atoms with Gasteiger partial charge in [-0.15, -0.1) is 4.99 Å². The van der Waals surface area contributed by atoms with Gasteiger partial charge >= 0.3 is 5.96 Å². The fraction of sp³-hybridized carbons (Fsp3) is 0.667. The summed E-state index contributed by atoms with van der Waals surface area (Å²) in [5.41, 5.74) is 0. The van der Waals surface area contributed by atoms with E-state index < -0.39 is 4.92 Å². The lowest BCUT2D eigenvalue weighted by atomic mass is 10.7. The molecule has 0 amide bonds. The molecular weight excluding hydrogens is 110 g/mol. The molecule has 0 radical (unpaired) electrons. The molecule has 0 bridgehead atoms. The van der Waals surface area contributed by atoms with Crippen LogP contribution in [0.1, 0.15) is 0 Å². The van der Waals surface area contributed by atoms with Crippen LogP contribution in [-0.2, 0) is 0 Å². The van der Waals surface area contributed by atoms with Gasteiger partial charge in [0, 0.05) is 0 Å². The lowest BCUT2D eigenvalue weighted by Gasteiger charge is -1.90. The van der Waals surface area contributed by atoms with E-state index in [1.165, 1.54) is 0 Å². The lowest BCUT2D eigenvalue weighted by molar-refractivity contribution is -0.354. The van der Waals surface area contributed by atoms with Gasteiger partial charge in [0.25, 0.3) is 0 Å². The molecule has 0 saturated heterocycles. The molecule has 0 aliphatic carbocycles. The summed E-state index contributed by atoms with van der Waals surface area (Å²) in [6.45, 7) is 1.12. The van der Waals surface area contributed by atoms with Gasteiger partial charge in [0.2, 0.25) is 0 Å². The van der Waals surface area contributed by atoms with Crippen molar-refractivity contribution < 1.29 is 4.92 Å².